The smallest absolute Gasteiger partial charge is 0.0617 e. The fraction of sp³-hybridized carbons (Fsp3) is 1.00. The van der Waals surface area contributed by atoms with Crippen LogP contribution >= 0.6 is 0 Å². The molecule has 0 heterocycles. The maximum Gasteiger partial charge on any atom is 0.0617 e. The zero-order valence-electron chi connectivity index (χ0n) is 8.25. The van der Waals surface area contributed by atoms with E-state index in [0.717, 1.165) is 19.3 Å². The van der Waals surface area contributed by atoms with Crippen LogP contribution in [0.25, 0.3) is 0 Å². The molecule has 2 nitrogen and oxygen atoms in total. The zero-order chi connectivity index (χ0) is 9.35. The normalized spacial score (nSPS) is 39.0. The summed E-state index contributed by atoms with van der Waals surface area (Å²) in [6.45, 7) is 6.13. The lowest BCUT2D eigenvalue weighted by atomic mass is 9.77. The van der Waals surface area contributed by atoms with Crippen molar-refractivity contribution in [1.82, 2.24) is 0 Å². The van der Waals surface area contributed by atoms with Crippen LogP contribution in [-0.4, -0.2) is 22.4 Å². The third-order valence-corrected chi connectivity index (χ3v) is 3.10. The van der Waals surface area contributed by atoms with Gasteiger partial charge in [-0.2, -0.15) is 0 Å². The molecule has 0 aromatic heterocycles. The second-order valence-corrected chi connectivity index (χ2v) is 4.74. The molecule has 1 saturated carbocycles. The quantitative estimate of drug-likeness (QED) is 0.663. The van der Waals surface area contributed by atoms with Gasteiger partial charge in [0.2, 0.25) is 0 Å². The average molecular weight is 172 g/mol. The van der Waals surface area contributed by atoms with Crippen LogP contribution in [0.3, 0.4) is 0 Å². The van der Waals surface area contributed by atoms with Crippen molar-refractivity contribution in [3.05, 3.63) is 0 Å². The van der Waals surface area contributed by atoms with Gasteiger partial charge in [0.1, 0.15) is 0 Å². The van der Waals surface area contributed by atoms with Gasteiger partial charge in [0.05, 0.1) is 12.2 Å². The number of hydrogen-bond acceptors (Lipinski definition) is 2. The van der Waals surface area contributed by atoms with Gasteiger partial charge in [-0.25, -0.2) is 0 Å². The van der Waals surface area contributed by atoms with Gasteiger partial charge in [-0.1, -0.05) is 20.8 Å². The fourth-order valence-corrected chi connectivity index (χ4v) is 2.31. The molecule has 12 heavy (non-hydrogen) atoms. The van der Waals surface area contributed by atoms with Crippen LogP contribution in [-0.2, 0) is 0 Å². The Bertz CT molecular complexity index is 156. The Morgan fingerprint density at radius 3 is 2.33 bits per heavy atom. The molecule has 0 amide bonds. The van der Waals surface area contributed by atoms with Crippen molar-refractivity contribution >= 4 is 0 Å². The van der Waals surface area contributed by atoms with E-state index >= 15 is 0 Å². The molecule has 72 valence electrons. The number of aliphatic hydroxyl groups is 2. The molecule has 2 N–H and O–H groups in total. The highest BCUT2D eigenvalue weighted by Gasteiger charge is 2.41. The first-order valence-electron chi connectivity index (χ1n) is 4.82. The van der Waals surface area contributed by atoms with Crippen molar-refractivity contribution in [2.45, 2.75) is 52.2 Å². The third kappa shape index (κ3) is 1.80. The summed E-state index contributed by atoms with van der Waals surface area (Å²) in [4.78, 5) is 0. The standard InChI is InChI=1S/C10H20O2/c1-7(2)9(12)10(3)5-4-8(11)6-10/h7-9,11-12H,4-6H2,1-3H3. The second-order valence-electron chi connectivity index (χ2n) is 4.74. The van der Waals surface area contributed by atoms with E-state index in [2.05, 4.69) is 6.92 Å². The van der Waals surface area contributed by atoms with E-state index in [4.69, 9.17) is 0 Å². The van der Waals surface area contributed by atoms with Crippen molar-refractivity contribution < 1.29 is 10.2 Å². The van der Waals surface area contributed by atoms with Gasteiger partial charge in [-0.3, -0.25) is 0 Å². The van der Waals surface area contributed by atoms with Gasteiger partial charge in [-0.05, 0) is 30.6 Å². The molecule has 2 heteroatoms. The summed E-state index contributed by atoms with van der Waals surface area (Å²) in [6, 6.07) is 0. The Balaban J connectivity index is 2.60. The van der Waals surface area contributed by atoms with Crippen molar-refractivity contribution in [3.8, 4) is 0 Å². The van der Waals surface area contributed by atoms with E-state index in [1.807, 2.05) is 13.8 Å². The summed E-state index contributed by atoms with van der Waals surface area (Å²) < 4.78 is 0. The molecule has 0 radical (unpaired) electrons. The molecule has 0 spiro atoms. The highest BCUT2D eigenvalue weighted by Crippen LogP contribution is 2.42. The van der Waals surface area contributed by atoms with Crippen LogP contribution in [0.4, 0.5) is 0 Å². The minimum atomic E-state index is -0.269. The molecule has 1 aliphatic carbocycles. The maximum absolute atomic E-state index is 9.89. The number of hydrogen-bond donors (Lipinski definition) is 2. The summed E-state index contributed by atoms with van der Waals surface area (Å²) in [5.41, 5.74) is -0.0480. The topological polar surface area (TPSA) is 40.5 Å². The number of rotatable bonds is 2. The van der Waals surface area contributed by atoms with Gasteiger partial charge in [0.25, 0.3) is 0 Å². The SMILES string of the molecule is CC(C)C(O)C1(C)CCC(O)C1. The zero-order valence-corrected chi connectivity index (χ0v) is 8.25. The van der Waals surface area contributed by atoms with Crippen LogP contribution in [0.15, 0.2) is 0 Å². The van der Waals surface area contributed by atoms with Crippen molar-refractivity contribution in [2.75, 3.05) is 0 Å². The third-order valence-electron chi connectivity index (χ3n) is 3.10. The van der Waals surface area contributed by atoms with Crippen LogP contribution in [0.1, 0.15) is 40.0 Å². The minimum Gasteiger partial charge on any atom is -0.393 e. The van der Waals surface area contributed by atoms with Gasteiger partial charge >= 0.3 is 0 Å². The fourth-order valence-electron chi connectivity index (χ4n) is 2.31. The van der Waals surface area contributed by atoms with Gasteiger partial charge in [0.15, 0.2) is 0 Å². The van der Waals surface area contributed by atoms with Crippen LogP contribution in [0, 0.1) is 11.3 Å². The van der Waals surface area contributed by atoms with Crippen molar-refractivity contribution in [2.24, 2.45) is 11.3 Å². The molecular weight excluding hydrogens is 152 g/mol. The van der Waals surface area contributed by atoms with E-state index in [1.165, 1.54) is 0 Å². The first kappa shape index (κ1) is 10.0. The van der Waals surface area contributed by atoms with Gasteiger partial charge < -0.3 is 10.2 Å². The predicted octanol–water partition coefficient (Wildman–Crippen LogP) is 1.55. The molecule has 1 aliphatic rings. The average Bonchev–Trinajstić information content (AvgIpc) is 2.31. The maximum atomic E-state index is 9.89. The number of aliphatic hydroxyl groups excluding tert-OH is 2. The van der Waals surface area contributed by atoms with Crippen LogP contribution in [0.2, 0.25) is 0 Å². The van der Waals surface area contributed by atoms with Crippen molar-refractivity contribution in [1.29, 1.82) is 0 Å². The summed E-state index contributed by atoms with van der Waals surface area (Å²) in [6.07, 6.45) is 2.10. The van der Waals surface area contributed by atoms with E-state index in [9.17, 15) is 10.2 Å². The van der Waals surface area contributed by atoms with E-state index in [0.29, 0.717) is 5.92 Å². The van der Waals surface area contributed by atoms with E-state index in [-0.39, 0.29) is 17.6 Å². The first-order chi connectivity index (χ1) is 5.46. The van der Waals surface area contributed by atoms with Crippen molar-refractivity contribution in [3.63, 3.8) is 0 Å². The van der Waals surface area contributed by atoms with E-state index < -0.39 is 0 Å². The molecule has 0 saturated heterocycles. The Hall–Kier alpha value is -0.0800. The second kappa shape index (κ2) is 3.35. The summed E-state index contributed by atoms with van der Waals surface area (Å²) in [5.74, 6) is 0.292. The lowest BCUT2D eigenvalue weighted by molar-refractivity contribution is -0.00174. The Labute approximate surface area is 74.6 Å². The molecular formula is C10H20O2. The predicted molar refractivity (Wildman–Crippen MR) is 48.8 cm³/mol. The highest BCUT2D eigenvalue weighted by molar-refractivity contribution is 4.91. The lowest BCUT2D eigenvalue weighted by Crippen LogP contribution is -2.34. The van der Waals surface area contributed by atoms with Gasteiger partial charge in [0, 0.05) is 0 Å². The van der Waals surface area contributed by atoms with E-state index in [1.54, 1.807) is 0 Å². The van der Waals surface area contributed by atoms with Gasteiger partial charge in [-0.15, -0.1) is 0 Å². The lowest BCUT2D eigenvalue weighted by Gasteiger charge is -2.32. The molecule has 3 atom stereocenters. The minimum absolute atomic E-state index is 0.0480. The summed E-state index contributed by atoms with van der Waals surface area (Å²) in [5, 5.41) is 19.3. The van der Waals surface area contributed by atoms with Crippen LogP contribution < -0.4 is 0 Å². The Morgan fingerprint density at radius 1 is 1.42 bits per heavy atom. The molecule has 0 aromatic rings. The first-order valence-corrected chi connectivity index (χ1v) is 4.82. The highest BCUT2D eigenvalue weighted by atomic mass is 16.3. The molecule has 3 unspecified atom stereocenters. The Kier molecular flexibility index (Phi) is 2.79. The molecule has 0 bridgehead atoms. The largest absolute Gasteiger partial charge is 0.393 e. The molecule has 1 fully saturated rings. The molecule has 1 rings (SSSR count). The molecule has 0 aromatic carbocycles. The van der Waals surface area contributed by atoms with Crippen LogP contribution in [0.5, 0.6) is 0 Å². The molecule has 0 aliphatic heterocycles. The Morgan fingerprint density at radius 2 is 2.00 bits per heavy atom. The monoisotopic (exact) mass is 172 g/mol. The summed E-state index contributed by atoms with van der Waals surface area (Å²) in [7, 11) is 0. The summed E-state index contributed by atoms with van der Waals surface area (Å²) >= 11 is 0.